The van der Waals surface area contributed by atoms with Crippen LogP contribution in [0.25, 0.3) is 0 Å². The van der Waals surface area contributed by atoms with E-state index in [4.69, 9.17) is 0 Å². The van der Waals surface area contributed by atoms with Gasteiger partial charge in [-0.2, -0.15) is 5.10 Å². The smallest absolute Gasteiger partial charge is 0.274 e. The number of hydrogen-bond acceptors (Lipinski definition) is 3. The lowest BCUT2D eigenvalue weighted by molar-refractivity contribution is 0.0606. The van der Waals surface area contributed by atoms with Crippen LogP contribution in [-0.4, -0.2) is 45.2 Å². The van der Waals surface area contributed by atoms with Crippen molar-refractivity contribution in [1.82, 2.24) is 20.4 Å². The van der Waals surface area contributed by atoms with E-state index in [1.165, 1.54) is 24.8 Å². The molecule has 1 aliphatic carbocycles. The second-order valence-electron chi connectivity index (χ2n) is 10.2. The third-order valence-corrected chi connectivity index (χ3v) is 8.18. The number of aryl methyl sites for hydroxylation is 1. The first kappa shape index (κ1) is 20.7. The monoisotopic (exact) mass is 420 g/mol. The molecule has 2 saturated heterocycles. The van der Waals surface area contributed by atoms with E-state index in [1.54, 1.807) is 0 Å². The van der Waals surface area contributed by atoms with Crippen molar-refractivity contribution in [2.24, 2.45) is 5.41 Å². The number of piperidine rings is 1. The molecule has 0 radical (unpaired) electrons. The number of amides is 1. The Kier molecular flexibility index (Phi) is 5.63. The van der Waals surface area contributed by atoms with Gasteiger partial charge in [-0.05, 0) is 50.2 Å². The number of rotatable bonds is 6. The lowest BCUT2D eigenvalue weighted by atomic mass is 9.70. The van der Waals surface area contributed by atoms with Gasteiger partial charge in [0.05, 0.1) is 0 Å². The molecule has 5 rings (SSSR count). The maximum atomic E-state index is 13.8. The van der Waals surface area contributed by atoms with E-state index >= 15 is 0 Å². The zero-order valence-electron chi connectivity index (χ0n) is 18.9. The van der Waals surface area contributed by atoms with Gasteiger partial charge in [-0.1, -0.05) is 63.4 Å². The van der Waals surface area contributed by atoms with Crippen molar-refractivity contribution in [3.05, 3.63) is 53.3 Å². The van der Waals surface area contributed by atoms with Gasteiger partial charge in [-0.3, -0.25) is 9.89 Å². The highest BCUT2D eigenvalue weighted by Crippen LogP contribution is 2.52. The molecule has 2 bridgehead atoms. The number of benzene rings is 1. The molecule has 31 heavy (non-hydrogen) atoms. The molecular weight excluding hydrogens is 384 g/mol. The van der Waals surface area contributed by atoms with Crippen LogP contribution in [0, 0.1) is 5.41 Å². The molecule has 5 heteroatoms. The number of nitrogens with zero attached hydrogens (tertiary/aromatic N) is 2. The third-order valence-electron chi connectivity index (χ3n) is 8.18. The average Bonchev–Trinajstić information content (AvgIpc) is 3.31. The van der Waals surface area contributed by atoms with Crippen LogP contribution >= 0.6 is 0 Å². The van der Waals surface area contributed by atoms with Gasteiger partial charge >= 0.3 is 0 Å². The summed E-state index contributed by atoms with van der Waals surface area (Å²) in [4.78, 5) is 16.1. The molecule has 1 saturated carbocycles. The third kappa shape index (κ3) is 3.71. The lowest BCUT2D eigenvalue weighted by Crippen LogP contribution is -2.57. The van der Waals surface area contributed by atoms with Crippen LogP contribution in [0.5, 0.6) is 0 Å². The minimum atomic E-state index is 0.125. The van der Waals surface area contributed by atoms with Crippen molar-refractivity contribution in [1.29, 1.82) is 0 Å². The first-order valence-electron chi connectivity index (χ1n) is 12.3. The normalized spacial score (nSPS) is 32.1. The number of nitrogens with one attached hydrogen (secondary N) is 2. The van der Waals surface area contributed by atoms with Gasteiger partial charge in [0.25, 0.3) is 5.91 Å². The molecule has 166 valence electrons. The number of aromatic amines is 1. The highest BCUT2D eigenvalue weighted by Gasteiger charge is 2.60. The molecule has 1 aromatic carbocycles. The molecule has 2 aromatic rings. The van der Waals surface area contributed by atoms with Crippen molar-refractivity contribution in [3.8, 4) is 0 Å². The van der Waals surface area contributed by atoms with E-state index in [-0.39, 0.29) is 17.4 Å². The number of unbranched alkanes of at least 4 members (excludes halogenated alkanes) is 1. The van der Waals surface area contributed by atoms with E-state index in [1.807, 2.05) is 6.07 Å². The summed E-state index contributed by atoms with van der Waals surface area (Å²) in [5, 5.41) is 11.6. The van der Waals surface area contributed by atoms with Gasteiger partial charge in [-0.15, -0.1) is 0 Å². The van der Waals surface area contributed by atoms with Gasteiger partial charge in [-0.25, -0.2) is 0 Å². The molecule has 3 aliphatic rings. The Morgan fingerprint density at radius 3 is 2.84 bits per heavy atom. The quantitative estimate of drug-likeness (QED) is 0.723. The molecular formula is C26H36N4O. The number of H-pyrrole nitrogens is 1. The first-order chi connectivity index (χ1) is 15.1. The summed E-state index contributed by atoms with van der Waals surface area (Å²) < 4.78 is 0. The lowest BCUT2D eigenvalue weighted by Gasteiger charge is -2.43. The van der Waals surface area contributed by atoms with Gasteiger partial charge in [0, 0.05) is 35.3 Å². The minimum absolute atomic E-state index is 0.125. The van der Waals surface area contributed by atoms with E-state index in [0.29, 0.717) is 23.8 Å². The van der Waals surface area contributed by atoms with Crippen molar-refractivity contribution in [3.63, 3.8) is 0 Å². The molecule has 1 amide bonds. The SMILES string of the molecule is CCCCc1cc(C(=O)N2[C@H]3CCCC[C@H]4N[C@@H](Cc5ccccc5)[C@@H]2C[C@@]34C)n[nH]1. The summed E-state index contributed by atoms with van der Waals surface area (Å²) in [6, 6.07) is 14.0. The topological polar surface area (TPSA) is 61.0 Å². The Bertz CT molecular complexity index is 909. The Morgan fingerprint density at radius 2 is 2.03 bits per heavy atom. The predicted octanol–water partition coefficient (Wildman–Crippen LogP) is 4.50. The summed E-state index contributed by atoms with van der Waals surface area (Å²) in [6.07, 6.45) is 10.1. The van der Waals surface area contributed by atoms with Crippen LogP contribution in [0.15, 0.2) is 36.4 Å². The zero-order valence-corrected chi connectivity index (χ0v) is 18.9. The number of fused-ring (bicyclic) bond motifs is 1. The molecule has 2 N–H and O–H groups in total. The summed E-state index contributed by atoms with van der Waals surface area (Å²) >= 11 is 0. The van der Waals surface area contributed by atoms with Crippen LogP contribution in [0.2, 0.25) is 0 Å². The van der Waals surface area contributed by atoms with Gasteiger partial charge in [0.2, 0.25) is 0 Å². The van der Waals surface area contributed by atoms with Crippen LogP contribution < -0.4 is 5.32 Å². The highest BCUT2D eigenvalue weighted by atomic mass is 16.2. The highest BCUT2D eigenvalue weighted by molar-refractivity contribution is 5.93. The molecule has 1 aromatic heterocycles. The molecule has 3 fully saturated rings. The summed E-state index contributed by atoms with van der Waals surface area (Å²) in [5.41, 5.74) is 3.18. The summed E-state index contributed by atoms with van der Waals surface area (Å²) in [5.74, 6) is 0.125. The van der Waals surface area contributed by atoms with Crippen molar-refractivity contribution in [2.75, 3.05) is 0 Å². The molecule has 2 aliphatic heterocycles. The number of carbonyl (C=O) groups is 1. The van der Waals surface area contributed by atoms with Crippen LogP contribution in [0.3, 0.4) is 0 Å². The molecule has 3 heterocycles. The van der Waals surface area contributed by atoms with E-state index in [0.717, 1.165) is 44.2 Å². The Morgan fingerprint density at radius 1 is 1.23 bits per heavy atom. The van der Waals surface area contributed by atoms with Crippen LogP contribution in [-0.2, 0) is 12.8 Å². The second kappa shape index (κ2) is 8.42. The summed E-state index contributed by atoms with van der Waals surface area (Å²) in [6.45, 7) is 4.62. The second-order valence-corrected chi connectivity index (χ2v) is 10.2. The van der Waals surface area contributed by atoms with Crippen LogP contribution in [0.4, 0.5) is 0 Å². The Hall–Kier alpha value is -2.14. The fraction of sp³-hybridized carbons (Fsp3) is 0.615. The fourth-order valence-corrected chi connectivity index (χ4v) is 6.53. The van der Waals surface area contributed by atoms with Gasteiger partial charge in [0.1, 0.15) is 5.69 Å². The zero-order chi connectivity index (χ0) is 21.4. The standard InChI is InChI=1S/C26H36N4O/c1-3-4-12-19-16-21(29-28-19)25(31)30-22-17-26(2)23(13-8-9-14-24(26)30)27-20(22)15-18-10-6-5-7-11-18/h5-7,10-11,16,20,22-24,27H,3-4,8-9,12-15,17H2,1-2H3,(H,28,29)/t20-,22-,23+,24-,26+/m0/s1. The Labute approximate surface area is 186 Å². The number of hydrogen-bond donors (Lipinski definition) is 2. The predicted molar refractivity (Wildman–Crippen MR) is 123 cm³/mol. The first-order valence-corrected chi connectivity index (χ1v) is 12.3. The maximum absolute atomic E-state index is 13.8. The molecule has 0 spiro atoms. The Balaban J connectivity index is 1.46. The number of carbonyl (C=O) groups excluding carboxylic acids is 1. The van der Waals surface area contributed by atoms with E-state index in [9.17, 15) is 4.79 Å². The molecule has 0 unspecified atom stereocenters. The maximum Gasteiger partial charge on any atom is 0.274 e. The number of likely N-dealkylation sites (tertiary alicyclic amines) is 1. The van der Waals surface area contributed by atoms with Gasteiger partial charge < -0.3 is 10.2 Å². The molecule has 5 atom stereocenters. The average molecular weight is 421 g/mol. The van der Waals surface area contributed by atoms with Crippen molar-refractivity contribution < 1.29 is 4.79 Å². The number of aromatic nitrogens is 2. The fourth-order valence-electron chi connectivity index (χ4n) is 6.53. The van der Waals surface area contributed by atoms with Crippen LogP contribution in [0.1, 0.15) is 80.5 Å². The van der Waals surface area contributed by atoms with E-state index in [2.05, 4.69) is 64.6 Å². The van der Waals surface area contributed by atoms with Crippen molar-refractivity contribution >= 4 is 5.91 Å². The molecule has 5 nitrogen and oxygen atoms in total. The largest absolute Gasteiger partial charge is 0.329 e. The van der Waals surface area contributed by atoms with E-state index < -0.39 is 0 Å². The minimum Gasteiger partial charge on any atom is -0.329 e. The van der Waals surface area contributed by atoms with Gasteiger partial charge in [0.15, 0.2) is 0 Å². The van der Waals surface area contributed by atoms with Crippen molar-refractivity contribution in [2.45, 2.75) is 95.8 Å². The summed E-state index contributed by atoms with van der Waals surface area (Å²) in [7, 11) is 0.